The third-order valence-corrected chi connectivity index (χ3v) is 7.01. The molecule has 2 heterocycles. The molecule has 0 saturated carbocycles. The Morgan fingerprint density at radius 2 is 1.82 bits per heavy atom. The summed E-state index contributed by atoms with van der Waals surface area (Å²) in [4.78, 5) is 14.7. The Morgan fingerprint density at radius 3 is 2.39 bits per heavy atom. The van der Waals surface area contributed by atoms with Crippen LogP contribution in [0.5, 0.6) is 0 Å². The summed E-state index contributed by atoms with van der Waals surface area (Å²) in [5.41, 5.74) is 3.21. The fourth-order valence-electron chi connectivity index (χ4n) is 3.70. The Balaban J connectivity index is 1.50. The Bertz CT molecular complexity index is 930. The van der Waals surface area contributed by atoms with Gasteiger partial charge in [0.2, 0.25) is 15.9 Å². The van der Waals surface area contributed by atoms with Crippen LogP contribution in [-0.4, -0.2) is 48.1 Å². The summed E-state index contributed by atoms with van der Waals surface area (Å²) in [6.45, 7) is 5.14. The molecule has 0 atom stereocenters. The van der Waals surface area contributed by atoms with E-state index in [1.165, 1.54) is 0 Å². The lowest BCUT2D eigenvalue weighted by Crippen LogP contribution is -2.46. The van der Waals surface area contributed by atoms with Crippen LogP contribution in [-0.2, 0) is 28.3 Å². The SMILES string of the molecule is Cc1nn(C)c(C)c1CCC(=O)N1CCC(NS(=O)(=O)c2ccccc2)CC1. The number of benzene rings is 1. The number of hydrogen-bond donors (Lipinski definition) is 1. The number of piperidine rings is 1. The van der Waals surface area contributed by atoms with Crippen molar-refractivity contribution in [2.24, 2.45) is 7.05 Å². The summed E-state index contributed by atoms with van der Waals surface area (Å²) in [6, 6.07) is 8.24. The first-order valence-corrected chi connectivity index (χ1v) is 11.1. The molecule has 1 aliphatic rings. The van der Waals surface area contributed by atoms with Crippen LogP contribution >= 0.6 is 0 Å². The maximum Gasteiger partial charge on any atom is 0.240 e. The second-order valence-corrected chi connectivity index (χ2v) is 9.08. The predicted octanol–water partition coefficient (Wildman–Crippen LogP) is 1.94. The van der Waals surface area contributed by atoms with E-state index in [2.05, 4.69) is 9.82 Å². The molecule has 0 spiro atoms. The van der Waals surface area contributed by atoms with Crippen molar-refractivity contribution in [3.05, 3.63) is 47.3 Å². The van der Waals surface area contributed by atoms with E-state index in [-0.39, 0.29) is 16.8 Å². The van der Waals surface area contributed by atoms with Gasteiger partial charge in [-0.3, -0.25) is 9.48 Å². The van der Waals surface area contributed by atoms with Gasteiger partial charge >= 0.3 is 0 Å². The number of hydrogen-bond acceptors (Lipinski definition) is 4. The molecule has 1 aromatic heterocycles. The lowest BCUT2D eigenvalue weighted by molar-refractivity contribution is -0.132. The van der Waals surface area contributed by atoms with Crippen molar-refractivity contribution in [2.45, 2.75) is 50.5 Å². The highest BCUT2D eigenvalue weighted by atomic mass is 32.2. The van der Waals surface area contributed by atoms with Crippen molar-refractivity contribution in [3.63, 3.8) is 0 Å². The van der Waals surface area contributed by atoms with Crippen LogP contribution in [0.25, 0.3) is 0 Å². The molecule has 1 N–H and O–H groups in total. The number of amides is 1. The number of rotatable bonds is 6. The highest BCUT2D eigenvalue weighted by Gasteiger charge is 2.26. The molecule has 1 aromatic carbocycles. The number of carbonyl (C=O) groups excluding carboxylic acids is 1. The quantitative estimate of drug-likeness (QED) is 0.797. The van der Waals surface area contributed by atoms with E-state index in [1.54, 1.807) is 30.3 Å². The fourth-order valence-corrected chi connectivity index (χ4v) is 5.03. The van der Waals surface area contributed by atoms with E-state index in [0.29, 0.717) is 38.8 Å². The van der Waals surface area contributed by atoms with E-state index in [0.717, 1.165) is 17.0 Å². The van der Waals surface area contributed by atoms with Crippen molar-refractivity contribution in [3.8, 4) is 0 Å². The van der Waals surface area contributed by atoms with E-state index >= 15 is 0 Å². The van der Waals surface area contributed by atoms with Gasteiger partial charge in [-0.05, 0) is 50.8 Å². The number of aryl methyl sites for hydroxylation is 2. The van der Waals surface area contributed by atoms with Crippen molar-refractivity contribution in [2.75, 3.05) is 13.1 Å². The van der Waals surface area contributed by atoms with E-state index in [1.807, 2.05) is 30.5 Å². The molecule has 8 heteroatoms. The molecule has 7 nitrogen and oxygen atoms in total. The molecule has 28 heavy (non-hydrogen) atoms. The zero-order valence-electron chi connectivity index (χ0n) is 16.7. The van der Waals surface area contributed by atoms with Gasteiger partial charge < -0.3 is 4.90 Å². The normalized spacial score (nSPS) is 15.8. The average Bonchev–Trinajstić information content (AvgIpc) is 2.92. The summed E-state index contributed by atoms with van der Waals surface area (Å²) in [5, 5.41) is 4.40. The predicted molar refractivity (Wildman–Crippen MR) is 107 cm³/mol. The Kier molecular flexibility index (Phi) is 6.20. The molecule has 2 aromatic rings. The van der Waals surface area contributed by atoms with Crippen LogP contribution in [0.3, 0.4) is 0 Å². The summed E-state index contributed by atoms with van der Waals surface area (Å²) in [5.74, 6) is 0.118. The first-order valence-electron chi connectivity index (χ1n) is 9.62. The molecule has 1 aliphatic heterocycles. The molecule has 3 rings (SSSR count). The number of carbonyl (C=O) groups is 1. The van der Waals surface area contributed by atoms with Gasteiger partial charge in [-0.25, -0.2) is 13.1 Å². The van der Waals surface area contributed by atoms with Crippen LogP contribution in [0.2, 0.25) is 0 Å². The maximum absolute atomic E-state index is 12.6. The van der Waals surface area contributed by atoms with E-state index < -0.39 is 10.0 Å². The molecular formula is C20H28N4O3S. The highest BCUT2D eigenvalue weighted by Crippen LogP contribution is 2.18. The number of nitrogens with zero attached hydrogens (tertiary/aromatic N) is 3. The largest absolute Gasteiger partial charge is 0.343 e. The van der Waals surface area contributed by atoms with Gasteiger partial charge in [-0.2, -0.15) is 5.10 Å². The summed E-state index contributed by atoms with van der Waals surface area (Å²) >= 11 is 0. The zero-order chi connectivity index (χ0) is 20.3. The Labute approximate surface area is 166 Å². The van der Waals surface area contributed by atoms with Gasteiger partial charge in [0.1, 0.15) is 0 Å². The molecule has 0 aliphatic carbocycles. The summed E-state index contributed by atoms with van der Waals surface area (Å²) < 4.78 is 29.5. The monoisotopic (exact) mass is 404 g/mol. The third-order valence-electron chi connectivity index (χ3n) is 5.47. The third kappa shape index (κ3) is 4.62. The molecular weight excluding hydrogens is 376 g/mol. The topological polar surface area (TPSA) is 84.3 Å². The molecule has 1 saturated heterocycles. The van der Waals surface area contributed by atoms with Gasteiger partial charge in [0.15, 0.2) is 0 Å². The van der Waals surface area contributed by atoms with Crippen LogP contribution < -0.4 is 4.72 Å². The molecule has 1 amide bonds. The first-order chi connectivity index (χ1) is 13.3. The molecule has 0 radical (unpaired) electrons. The standard InChI is InChI=1S/C20H28N4O3S/c1-15-19(16(2)23(3)21-15)9-10-20(25)24-13-11-17(12-14-24)22-28(26,27)18-7-5-4-6-8-18/h4-8,17,22H,9-14H2,1-3H3. The number of aromatic nitrogens is 2. The van der Waals surface area contributed by atoms with Gasteiger partial charge in [-0.1, -0.05) is 18.2 Å². The molecule has 0 bridgehead atoms. The maximum atomic E-state index is 12.6. The minimum Gasteiger partial charge on any atom is -0.343 e. The second kappa shape index (κ2) is 8.45. The second-order valence-electron chi connectivity index (χ2n) is 7.36. The summed E-state index contributed by atoms with van der Waals surface area (Å²) in [7, 11) is -1.60. The number of likely N-dealkylation sites (tertiary alicyclic amines) is 1. The fraction of sp³-hybridized carbons (Fsp3) is 0.500. The van der Waals surface area contributed by atoms with Gasteiger partial charge in [0.25, 0.3) is 0 Å². The van der Waals surface area contributed by atoms with Crippen molar-refractivity contribution >= 4 is 15.9 Å². The van der Waals surface area contributed by atoms with Crippen molar-refractivity contribution in [1.29, 1.82) is 0 Å². The number of sulfonamides is 1. The minimum absolute atomic E-state index is 0.118. The van der Waals surface area contributed by atoms with E-state index in [4.69, 9.17) is 0 Å². The van der Waals surface area contributed by atoms with Crippen LogP contribution in [0.1, 0.15) is 36.2 Å². The van der Waals surface area contributed by atoms with Crippen molar-refractivity contribution < 1.29 is 13.2 Å². The van der Waals surface area contributed by atoms with Gasteiger partial charge in [-0.15, -0.1) is 0 Å². The zero-order valence-corrected chi connectivity index (χ0v) is 17.5. The minimum atomic E-state index is -3.51. The van der Waals surface area contributed by atoms with Gasteiger partial charge in [0, 0.05) is 38.3 Å². The van der Waals surface area contributed by atoms with E-state index in [9.17, 15) is 13.2 Å². The number of nitrogens with one attached hydrogen (secondary N) is 1. The Hall–Kier alpha value is -2.19. The highest BCUT2D eigenvalue weighted by molar-refractivity contribution is 7.89. The Morgan fingerprint density at radius 1 is 1.18 bits per heavy atom. The molecule has 1 fully saturated rings. The molecule has 0 unspecified atom stereocenters. The van der Waals surface area contributed by atoms with Crippen LogP contribution in [0.15, 0.2) is 35.2 Å². The lowest BCUT2D eigenvalue weighted by Gasteiger charge is -2.32. The van der Waals surface area contributed by atoms with Crippen molar-refractivity contribution in [1.82, 2.24) is 19.4 Å². The smallest absolute Gasteiger partial charge is 0.240 e. The summed E-state index contributed by atoms with van der Waals surface area (Å²) in [6.07, 6.45) is 2.39. The lowest BCUT2D eigenvalue weighted by atomic mass is 10.0. The molecule has 152 valence electrons. The van der Waals surface area contributed by atoms with Crippen LogP contribution in [0, 0.1) is 13.8 Å². The van der Waals surface area contributed by atoms with Gasteiger partial charge in [0.05, 0.1) is 10.6 Å². The van der Waals surface area contributed by atoms with Crippen LogP contribution in [0.4, 0.5) is 0 Å². The average molecular weight is 405 g/mol. The first kappa shape index (κ1) is 20.5.